The van der Waals surface area contributed by atoms with Gasteiger partial charge in [-0.2, -0.15) is 10.1 Å². The predicted molar refractivity (Wildman–Crippen MR) is 378 cm³/mol. The van der Waals surface area contributed by atoms with E-state index in [4.69, 9.17) is 60.4 Å². The van der Waals surface area contributed by atoms with Gasteiger partial charge in [-0.05, 0) is 113 Å². The molecule has 2 aliphatic rings. The smallest absolute Gasteiger partial charge is 0.267 e. The summed E-state index contributed by atoms with van der Waals surface area (Å²) >= 11 is 0. The van der Waals surface area contributed by atoms with E-state index in [0.717, 1.165) is 25.7 Å². The van der Waals surface area contributed by atoms with Crippen LogP contribution in [0.4, 0.5) is 34.5 Å². The summed E-state index contributed by atoms with van der Waals surface area (Å²) in [5.41, 5.74) is 25.1. The third-order valence-electron chi connectivity index (χ3n) is 16.6. The molecule has 2 fully saturated rings. The predicted octanol–water partition coefficient (Wildman–Crippen LogP) is 9.76. The van der Waals surface area contributed by atoms with Gasteiger partial charge in [0.1, 0.15) is 46.8 Å². The lowest BCUT2D eigenvalue weighted by molar-refractivity contribution is 0.394. The maximum absolute atomic E-state index is 13.8. The number of hydrogen-bond donors (Lipinski definition) is 6. The SMILES string of the molecule is C#Cc1cccc2nc([C@H](C)Nc3nccc(N)c3-c3ncn(C)n3)n(-c3ccccc3)c(=O)c12.C#Cc1cccc2nc([C@H](C)Nc3nccc(N)c3-c3nnc(C)o3)n(C3CC3)c(=O)c12.C#Cc1cccc2nc([C@H](C)Nc3nccc(N)c3-c3noc(C)n3)n(C3CC3)c(=O)c12. The van der Waals surface area contributed by atoms with Gasteiger partial charge in [0.05, 0.1) is 67.6 Å². The number of aromatic nitrogens is 16. The fourth-order valence-electron chi connectivity index (χ4n) is 11.7. The summed E-state index contributed by atoms with van der Waals surface area (Å²) in [6.45, 7) is 9.16. The topological polar surface area (TPSA) is 366 Å². The Bertz CT molecular complexity index is 5410. The summed E-state index contributed by atoms with van der Waals surface area (Å²) in [6.07, 6.45) is 27.1. The standard InChI is InChI=1S/C26H22N8O.2C23H21N7O2/c1-4-17-9-8-12-20-21(17)26(35)34(18-10-6-5-7-11-18)25(31-20)16(2)30-23-22(19(27)13-14-28-23)24-29-15-33(3)32-24;1-4-14-6-5-7-17-18(14)23(31)30(15-8-9-15)22(28-17)12(2)26-20-19(16(24)10-11-25-20)21-27-13(3)32-29-21;1-4-14-6-5-7-17-18(14)23(31)30(15-8-9-15)21(27-17)12(2)26-20-19(16(24)10-11-25-20)22-29-28-13(3)32-22/h1,5-16H,2-3H3,(H3,27,28,30);2*1,5-7,10-12,15H,8-9H2,2-3H3,(H3,24,25,26)/t16-;2*12-/m000/s1. The number of hydrogen-bond acceptors (Lipinski definition) is 23. The van der Waals surface area contributed by atoms with Gasteiger partial charge in [0, 0.05) is 85.3 Å². The summed E-state index contributed by atoms with van der Waals surface area (Å²) in [5.74, 6) is 12.8. The van der Waals surface area contributed by atoms with Crippen LogP contribution < -0.4 is 49.8 Å². The first-order valence-corrected chi connectivity index (χ1v) is 31.5. The highest BCUT2D eigenvalue weighted by atomic mass is 16.5. The lowest BCUT2D eigenvalue weighted by Gasteiger charge is -2.21. The van der Waals surface area contributed by atoms with Crippen LogP contribution in [0.1, 0.15) is 123 Å². The van der Waals surface area contributed by atoms with Crippen molar-refractivity contribution < 1.29 is 8.94 Å². The van der Waals surface area contributed by atoms with Gasteiger partial charge in [-0.15, -0.1) is 29.5 Å². The molecular formula is C72H64N22O5. The maximum atomic E-state index is 13.8. The van der Waals surface area contributed by atoms with Gasteiger partial charge in [-0.1, -0.05) is 59.3 Å². The molecule has 9 N–H and O–H groups in total. The van der Waals surface area contributed by atoms with Crippen LogP contribution in [0.2, 0.25) is 0 Å². The van der Waals surface area contributed by atoms with Gasteiger partial charge in [-0.3, -0.25) is 32.8 Å². The zero-order valence-corrected chi connectivity index (χ0v) is 54.5. The Hall–Kier alpha value is -13.4. The van der Waals surface area contributed by atoms with Crippen molar-refractivity contribution in [1.82, 2.24) is 78.7 Å². The number of nitrogens with two attached hydrogens (primary N) is 3. The lowest BCUT2D eigenvalue weighted by Crippen LogP contribution is -2.28. The summed E-state index contributed by atoms with van der Waals surface area (Å²) in [5, 5.41) is 27.7. The molecule has 27 heteroatoms. The van der Waals surface area contributed by atoms with E-state index < -0.39 is 6.04 Å². The minimum absolute atomic E-state index is 0.108. The number of anilines is 6. The van der Waals surface area contributed by atoms with Crippen LogP contribution in [0.5, 0.6) is 0 Å². The molecule has 0 saturated heterocycles. The number of nitrogens with one attached hydrogen (secondary N) is 3. The van der Waals surface area contributed by atoms with Crippen LogP contribution in [-0.4, -0.2) is 78.7 Å². The molecule has 9 aromatic heterocycles. The van der Waals surface area contributed by atoms with Gasteiger partial charge in [-0.25, -0.2) is 34.9 Å². The number of rotatable bonds is 15. The Morgan fingerprint density at radius 1 is 0.515 bits per heavy atom. The molecule has 13 aromatic rings. The number of fused-ring (bicyclic) bond motifs is 3. The molecule has 492 valence electrons. The summed E-state index contributed by atoms with van der Waals surface area (Å²) in [6, 6.07) is 29.5. The zero-order chi connectivity index (χ0) is 69.3. The normalized spacial score (nSPS) is 13.4. The molecule has 0 spiro atoms. The largest absolute Gasteiger partial charge is 0.421 e. The van der Waals surface area contributed by atoms with E-state index in [9.17, 15) is 14.4 Å². The zero-order valence-electron chi connectivity index (χ0n) is 54.5. The highest BCUT2D eigenvalue weighted by molar-refractivity contribution is 5.88. The summed E-state index contributed by atoms with van der Waals surface area (Å²) in [7, 11) is 1.78. The van der Waals surface area contributed by atoms with E-state index in [1.165, 1.54) is 0 Å². The maximum Gasteiger partial charge on any atom is 0.267 e. The second kappa shape index (κ2) is 26.8. The Balaban J connectivity index is 0.000000134. The third kappa shape index (κ3) is 12.7. The number of pyridine rings is 3. The van der Waals surface area contributed by atoms with Crippen LogP contribution in [0, 0.1) is 50.9 Å². The van der Waals surface area contributed by atoms with E-state index in [1.807, 2.05) is 63.2 Å². The minimum Gasteiger partial charge on any atom is -0.421 e. The summed E-state index contributed by atoms with van der Waals surface area (Å²) < 4.78 is 17.4. The first kappa shape index (κ1) is 64.4. The Labute approximate surface area is 565 Å². The van der Waals surface area contributed by atoms with Crippen molar-refractivity contribution in [1.29, 1.82) is 0 Å². The van der Waals surface area contributed by atoms with Crippen LogP contribution >= 0.6 is 0 Å². The van der Waals surface area contributed by atoms with Crippen LogP contribution in [0.3, 0.4) is 0 Å². The molecule has 0 bridgehead atoms. The molecule has 0 amide bonds. The number of para-hydroxylation sites is 1. The molecule has 3 atom stereocenters. The number of nitrogens with zero attached hydrogens (tertiary/aromatic N) is 16. The van der Waals surface area contributed by atoms with E-state index in [2.05, 4.69) is 79.1 Å². The molecule has 99 heavy (non-hydrogen) atoms. The highest BCUT2D eigenvalue weighted by Crippen LogP contribution is 2.40. The van der Waals surface area contributed by atoms with Crippen molar-refractivity contribution in [2.45, 2.75) is 90.5 Å². The molecule has 2 saturated carbocycles. The van der Waals surface area contributed by atoms with Crippen molar-refractivity contribution in [3.05, 3.63) is 205 Å². The third-order valence-corrected chi connectivity index (χ3v) is 16.6. The van der Waals surface area contributed by atoms with Gasteiger partial charge < -0.3 is 42.1 Å². The molecule has 2 aliphatic carbocycles. The van der Waals surface area contributed by atoms with E-state index in [0.29, 0.717) is 147 Å². The molecule has 4 aromatic carbocycles. The van der Waals surface area contributed by atoms with Crippen molar-refractivity contribution in [2.24, 2.45) is 7.05 Å². The van der Waals surface area contributed by atoms with Gasteiger partial charge in [0.15, 0.2) is 5.82 Å². The molecule has 0 unspecified atom stereocenters. The first-order chi connectivity index (χ1) is 47.9. The lowest BCUT2D eigenvalue weighted by atomic mass is 10.1. The molecular weight excluding hydrogens is 1250 g/mol. The number of benzene rings is 4. The Morgan fingerprint density at radius 2 is 0.960 bits per heavy atom. The van der Waals surface area contributed by atoms with Gasteiger partial charge >= 0.3 is 0 Å². The highest BCUT2D eigenvalue weighted by Gasteiger charge is 2.34. The van der Waals surface area contributed by atoms with Crippen molar-refractivity contribution in [3.63, 3.8) is 0 Å². The van der Waals surface area contributed by atoms with Crippen LogP contribution in [-0.2, 0) is 7.05 Å². The second-order valence-electron chi connectivity index (χ2n) is 23.7. The quantitative estimate of drug-likeness (QED) is 0.0520. The summed E-state index contributed by atoms with van der Waals surface area (Å²) in [4.78, 5) is 77.1. The average Bonchev–Trinajstić information content (AvgIpc) is 1.61. The first-order valence-electron chi connectivity index (χ1n) is 31.5. The van der Waals surface area contributed by atoms with Crippen LogP contribution in [0.25, 0.3) is 72.6 Å². The number of aryl methyl sites for hydroxylation is 3. The van der Waals surface area contributed by atoms with Gasteiger partial charge in [0.25, 0.3) is 22.6 Å². The average molecular weight is 1320 g/mol. The molecule has 0 aliphatic heterocycles. The van der Waals surface area contributed by atoms with Crippen molar-refractivity contribution in [3.8, 4) is 76.9 Å². The second-order valence-corrected chi connectivity index (χ2v) is 23.7. The Morgan fingerprint density at radius 3 is 1.38 bits per heavy atom. The van der Waals surface area contributed by atoms with E-state index >= 15 is 0 Å². The molecule has 0 radical (unpaired) electrons. The monoisotopic (exact) mass is 1320 g/mol. The molecule has 9 heterocycles. The van der Waals surface area contributed by atoms with E-state index in [1.54, 1.807) is 125 Å². The Kier molecular flexibility index (Phi) is 17.4. The fourth-order valence-corrected chi connectivity index (χ4v) is 11.7. The fraction of sp³-hybridized carbons (Fsp3) is 0.208. The number of nitrogen functional groups attached to an aromatic ring is 3. The molecule has 15 rings (SSSR count). The van der Waals surface area contributed by atoms with E-state index in [-0.39, 0.29) is 46.7 Å². The van der Waals surface area contributed by atoms with Gasteiger partial charge in [0.2, 0.25) is 17.6 Å². The van der Waals surface area contributed by atoms with Crippen LogP contribution in [0.15, 0.2) is 151 Å². The van der Waals surface area contributed by atoms with Crippen molar-refractivity contribution >= 4 is 67.2 Å². The van der Waals surface area contributed by atoms with Crippen molar-refractivity contribution in [2.75, 3.05) is 33.2 Å². The molecule has 27 nitrogen and oxygen atoms in total. The minimum atomic E-state index is -0.446. The number of terminal acetylenes is 3.